The molecule has 0 unspecified atom stereocenters. The van der Waals surface area contributed by atoms with E-state index in [1.165, 1.54) is 31.4 Å². The van der Waals surface area contributed by atoms with Crippen LogP contribution in [-0.4, -0.2) is 9.97 Å². The van der Waals surface area contributed by atoms with E-state index >= 15 is 0 Å². The Labute approximate surface area is 161 Å². The molecule has 3 nitrogen and oxygen atoms in total. The van der Waals surface area contributed by atoms with Crippen LogP contribution in [0.2, 0.25) is 5.02 Å². The van der Waals surface area contributed by atoms with Crippen molar-refractivity contribution in [1.29, 1.82) is 0 Å². The first-order valence-electron chi connectivity index (χ1n) is 9.06. The van der Waals surface area contributed by atoms with Crippen molar-refractivity contribution in [2.45, 2.75) is 51.5 Å². The molecule has 0 atom stereocenters. The molecule has 26 heavy (non-hydrogen) atoms. The molecule has 4 rings (SSSR count). The van der Waals surface area contributed by atoms with E-state index in [2.05, 4.69) is 5.32 Å². The highest BCUT2D eigenvalue weighted by Crippen LogP contribution is 2.40. The normalized spacial score (nSPS) is 15.5. The molecule has 1 aliphatic carbocycles. The van der Waals surface area contributed by atoms with Gasteiger partial charge in [0.15, 0.2) is 0 Å². The minimum absolute atomic E-state index is 0.228. The molecule has 1 fully saturated rings. The van der Waals surface area contributed by atoms with Crippen LogP contribution in [0.15, 0.2) is 24.3 Å². The van der Waals surface area contributed by atoms with Gasteiger partial charge in [0, 0.05) is 17.3 Å². The number of hydrogen-bond donors (Lipinski definition) is 1. The summed E-state index contributed by atoms with van der Waals surface area (Å²) in [6.45, 7) is 2.58. The van der Waals surface area contributed by atoms with Crippen molar-refractivity contribution in [3.63, 3.8) is 0 Å². The molecule has 1 saturated carbocycles. The number of benzene rings is 1. The van der Waals surface area contributed by atoms with Crippen molar-refractivity contribution in [2.24, 2.45) is 0 Å². The monoisotopic (exact) mass is 389 g/mol. The zero-order valence-corrected chi connectivity index (χ0v) is 16.3. The second-order valence-corrected chi connectivity index (χ2v) is 8.48. The van der Waals surface area contributed by atoms with E-state index in [0.29, 0.717) is 12.5 Å². The predicted octanol–water partition coefficient (Wildman–Crippen LogP) is 6.45. The van der Waals surface area contributed by atoms with E-state index < -0.39 is 0 Å². The summed E-state index contributed by atoms with van der Waals surface area (Å²) >= 11 is 8.15. The van der Waals surface area contributed by atoms with Crippen LogP contribution < -0.4 is 5.32 Å². The number of aryl methyl sites for hydroxylation is 1. The van der Waals surface area contributed by atoms with Gasteiger partial charge in [-0.2, -0.15) is 0 Å². The highest BCUT2D eigenvalue weighted by atomic mass is 35.5. The number of fused-ring (bicyclic) bond motifs is 1. The lowest BCUT2D eigenvalue weighted by Gasteiger charge is -2.21. The van der Waals surface area contributed by atoms with E-state index in [1.807, 2.05) is 6.92 Å². The maximum Gasteiger partial charge on any atom is 0.140 e. The van der Waals surface area contributed by atoms with Gasteiger partial charge >= 0.3 is 0 Å². The Kier molecular flexibility index (Phi) is 5.09. The summed E-state index contributed by atoms with van der Waals surface area (Å²) in [5.74, 6) is 1.92. The molecule has 0 amide bonds. The van der Waals surface area contributed by atoms with Crippen molar-refractivity contribution in [1.82, 2.24) is 9.97 Å². The standard InChI is InChI=1S/C20H21ClFN3S/c1-12-17(21)16-19(23-11-13-7-9-15(22)10-8-13)24-18(25-20(16)26-12)14-5-3-2-4-6-14/h7-10,14H,2-6,11H2,1H3,(H,23,24,25). The SMILES string of the molecule is Cc1sc2nc(C3CCCCC3)nc(NCc3ccc(F)cc3)c2c1Cl. The lowest BCUT2D eigenvalue weighted by molar-refractivity contribution is 0.430. The summed E-state index contributed by atoms with van der Waals surface area (Å²) in [4.78, 5) is 11.7. The zero-order valence-electron chi connectivity index (χ0n) is 14.7. The Morgan fingerprint density at radius 3 is 2.62 bits per heavy atom. The maximum absolute atomic E-state index is 13.1. The number of anilines is 1. The van der Waals surface area contributed by atoms with Crippen LogP contribution in [0.4, 0.5) is 10.2 Å². The third-order valence-corrected chi connectivity index (χ3v) is 6.60. The minimum Gasteiger partial charge on any atom is -0.365 e. The van der Waals surface area contributed by atoms with Crippen molar-refractivity contribution in [2.75, 3.05) is 5.32 Å². The first-order chi connectivity index (χ1) is 12.6. The van der Waals surface area contributed by atoms with Crippen molar-refractivity contribution in [3.05, 3.63) is 51.4 Å². The summed E-state index contributed by atoms with van der Waals surface area (Å²) in [6, 6.07) is 6.51. The maximum atomic E-state index is 13.1. The third-order valence-electron chi connectivity index (χ3n) is 5.02. The molecule has 0 saturated heterocycles. The first kappa shape index (κ1) is 17.7. The highest BCUT2D eigenvalue weighted by molar-refractivity contribution is 7.19. The Morgan fingerprint density at radius 1 is 1.15 bits per heavy atom. The molecule has 0 radical (unpaired) electrons. The van der Waals surface area contributed by atoms with Crippen LogP contribution in [0.5, 0.6) is 0 Å². The predicted molar refractivity (Wildman–Crippen MR) is 107 cm³/mol. The molecule has 6 heteroatoms. The number of hydrogen-bond acceptors (Lipinski definition) is 4. The molecule has 1 N–H and O–H groups in total. The average Bonchev–Trinajstić information content (AvgIpc) is 2.96. The molecular formula is C20H21ClFN3S. The van der Waals surface area contributed by atoms with Crippen LogP contribution in [0.3, 0.4) is 0 Å². The second-order valence-electron chi connectivity index (χ2n) is 6.90. The Hall–Kier alpha value is -1.72. The fourth-order valence-corrected chi connectivity index (χ4v) is 4.83. The van der Waals surface area contributed by atoms with Crippen LogP contribution in [0, 0.1) is 12.7 Å². The molecule has 0 bridgehead atoms. The van der Waals surface area contributed by atoms with Crippen LogP contribution in [0.25, 0.3) is 10.2 Å². The molecule has 136 valence electrons. The third kappa shape index (κ3) is 3.55. The van der Waals surface area contributed by atoms with Crippen molar-refractivity contribution in [3.8, 4) is 0 Å². The van der Waals surface area contributed by atoms with Gasteiger partial charge in [0.05, 0.1) is 10.4 Å². The number of thiophene rings is 1. The number of nitrogens with zero attached hydrogens (tertiary/aromatic N) is 2. The topological polar surface area (TPSA) is 37.8 Å². The zero-order chi connectivity index (χ0) is 18.1. The van der Waals surface area contributed by atoms with Gasteiger partial charge in [0.1, 0.15) is 22.3 Å². The number of rotatable bonds is 4. The molecule has 1 aliphatic rings. The average molecular weight is 390 g/mol. The van der Waals surface area contributed by atoms with Gasteiger partial charge in [-0.05, 0) is 37.5 Å². The Morgan fingerprint density at radius 2 is 1.88 bits per heavy atom. The number of aromatic nitrogens is 2. The smallest absolute Gasteiger partial charge is 0.140 e. The lowest BCUT2D eigenvalue weighted by atomic mass is 9.88. The van der Waals surface area contributed by atoms with Gasteiger partial charge in [-0.3, -0.25) is 0 Å². The summed E-state index contributed by atoms with van der Waals surface area (Å²) in [7, 11) is 0. The molecule has 1 aromatic carbocycles. The van der Waals surface area contributed by atoms with Gasteiger partial charge in [0.2, 0.25) is 0 Å². The number of nitrogens with one attached hydrogen (secondary N) is 1. The second kappa shape index (κ2) is 7.49. The van der Waals surface area contributed by atoms with E-state index in [1.54, 1.807) is 23.5 Å². The molecular weight excluding hydrogens is 369 g/mol. The summed E-state index contributed by atoms with van der Waals surface area (Å²) < 4.78 is 13.1. The first-order valence-corrected chi connectivity index (χ1v) is 10.3. The molecule has 2 aromatic heterocycles. The molecule has 3 aromatic rings. The number of halogens is 2. The van der Waals surface area contributed by atoms with Crippen molar-refractivity contribution >= 4 is 39.0 Å². The minimum atomic E-state index is -0.228. The van der Waals surface area contributed by atoms with E-state index in [4.69, 9.17) is 21.6 Å². The largest absolute Gasteiger partial charge is 0.365 e. The fraction of sp³-hybridized carbons (Fsp3) is 0.400. The summed E-state index contributed by atoms with van der Waals surface area (Å²) in [6.07, 6.45) is 6.10. The van der Waals surface area contributed by atoms with Gasteiger partial charge in [-0.15, -0.1) is 11.3 Å². The van der Waals surface area contributed by atoms with E-state index in [9.17, 15) is 4.39 Å². The van der Waals surface area contributed by atoms with Gasteiger partial charge in [0.25, 0.3) is 0 Å². The Balaban J connectivity index is 1.69. The van der Waals surface area contributed by atoms with Crippen LogP contribution in [0.1, 0.15) is 54.3 Å². The quantitative estimate of drug-likeness (QED) is 0.557. The summed E-state index contributed by atoms with van der Waals surface area (Å²) in [5, 5.41) is 5.03. The lowest BCUT2D eigenvalue weighted by Crippen LogP contribution is -2.11. The van der Waals surface area contributed by atoms with Crippen LogP contribution in [-0.2, 0) is 6.54 Å². The van der Waals surface area contributed by atoms with E-state index in [0.717, 1.165) is 50.2 Å². The molecule has 2 heterocycles. The molecule has 0 aliphatic heterocycles. The van der Waals surface area contributed by atoms with Crippen molar-refractivity contribution < 1.29 is 4.39 Å². The van der Waals surface area contributed by atoms with E-state index in [-0.39, 0.29) is 5.82 Å². The Bertz CT molecular complexity index is 917. The van der Waals surface area contributed by atoms with Gasteiger partial charge < -0.3 is 5.32 Å². The van der Waals surface area contributed by atoms with Crippen LogP contribution >= 0.6 is 22.9 Å². The molecule has 0 spiro atoms. The highest BCUT2D eigenvalue weighted by Gasteiger charge is 2.22. The summed E-state index contributed by atoms with van der Waals surface area (Å²) in [5.41, 5.74) is 1.00. The van der Waals surface area contributed by atoms with Gasteiger partial charge in [-0.1, -0.05) is 43.0 Å². The fourth-order valence-electron chi connectivity index (χ4n) is 3.55. The van der Waals surface area contributed by atoms with Gasteiger partial charge in [-0.25, -0.2) is 14.4 Å².